The second-order valence-corrected chi connectivity index (χ2v) is 5.72. The predicted molar refractivity (Wildman–Crippen MR) is 89.5 cm³/mol. The molecule has 122 valence electrons. The molecule has 3 rings (SSSR count). The second kappa shape index (κ2) is 7.31. The molecular weight excluding hydrogens is 335 g/mol. The van der Waals surface area contributed by atoms with E-state index in [0.717, 1.165) is 11.3 Å². The van der Waals surface area contributed by atoms with Gasteiger partial charge >= 0.3 is 6.61 Å². The van der Waals surface area contributed by atoms with E-state index in [1.165, 1.54) is 29.5 Å². The lowest BCUT2D eigenvalue weighted by molar-refractivity contribution is -0.0499. The number of aromatic nitrogens is 1. The van der Waals surface area contributed by atoms with Gasteiger partial charge in [-0.25, -0.2) is 9.37 Å². The van der Waals surface area contributed by atoms with Crippen molar-refractivity contribution >= 4 is 23.5 Å². The Morgan fingerprint density at radius 3 is 2.50 bits per heavy atom. The Hall–Kier alpha value is -2.60. The molecule has 0 N–H and O–H groups in total. The van der Waals surface area contributed by atoms with Gasteiger partial charge in [-0.15, -0.1) is 11.3 Å². The third-order valence-electron chi connectivity index (χ3n) is 3.20. The maximum absolute atomic E-state index is 13.0. The van der Waals surface area contributed by atoms with Crippen molar-refractivity contribution in [2.24, 2.45) is 0 Å². The first-order chi connectivity index (χ1) is 11.6. The SMILES string of the molecule is Fc1ccc(-c2csc(C=Cc3ccccc3OC(F)F)n2)cc1. The van der Waals surface area contributed by atoms with Crippen molar-refractivity contribution in [3.63, 3.8) is 0 Å². The van der Waals surface area contributed by atoms with Gasteiger partial charge in [0, 0.05) is 16.5 Å². The first kappa shape index (κ1) is 16.3. The van der Waals surface area contributed by atoms with Gasteiger partial charge in [0.15, 0.2) is 0 Å². The molecule has 0 spiro atoms. The summed E-state index contributed by atoms with van der Waals surface area (Å²) in [5.41, 5.74) is 2.09. The summed E-state index contributed by atoms with van der Waals surface area (Å²) in [6.45, 7) is -2.87. The quantitative estimate of drug-likeness (QED) is 0.589. The number of ether oxygens (including phenoxy) is 1. The highest BCUT2D eigenvalue weighted by Gasteiger charge is 2.07. The zero-order valence-corrected chi connectivity index (χ0v) is 13.1. The average molecular weight is 347 g/mol. The zero-order valence-electron chi connectivity index (χ0n) is 12.3. The normalized spacial score (nSPS) is 11.3. The summed E-state index contributed by atoms with van der Waals surface area (Å²) < 4.78 is 42.2. The zero-order chi connectivity index (χ0) is 16.9. The van der Waals surface area contributed by atoms with Gasteiger partial charge in [-0.1, -0.05) is 18.2 Å². The first-order valence-electron chi connectivity index (χ1n) is 7.05. The highest BCUT2D eigenvalue weighted by atomic mass is 32.1. The summed E-state index contributed by atoms with van der Waals surface area (Å²) >= 11 is 1.41. The molecule has 0 amide bonds. The Bertz CT molecular complexity index is 843. The maximum Gasteiger partial charge on any atom is 0.387 e. The molecule has 0 fully saturated rings. The molecule has 0 radical (unpaired) electrons. The van der Waals surface area contributed by atoms with Gasteiger partial charge < -0.3 is 4.74 Å². The Morgan fingerprint density at radius 1 is 1.00 bits per heavy atom. The average Bonchev–Trinajstić information content (AvgIpc) is 3.03. The summed E-state index contributed by atoms with van der Waals surface area (Å²) in [4.78, 5) is 4.44. The van der Waals surface area contributed by atoms with Crippen LogP contribution >= 0.6 is 11.3 Å². The number of nitrogens with zero attached hydrogens (tertiary/aromatic N) is 1. The van der Waals surface area contributed by atoms with Crippen LogP contribution in [0.4, 0.5) is 13.2 Å². The van der Waals surface area contributed by atoms with Crippen molar-refractivity contribution < 1.29 is 17.9 Å². The van der Waals surface area contributed by atoms with Crippen LogP contribution in [0.2, 0.25) is 0 Å². The monoisotopic (exact) mass is 347 g/mol. The van der Waals surface area contributed by atoms with Gasteiger partial charge in [0.1, 0.15) is 16.6 Å². The minimum atomic E-state index is -2.87. The first-order valence-corrected chi connectivity index (χ1v) is 7.93. The molecule has 2 nitrogen and oxygen atoms in total. The fourth-order valence-corrected chi connectivity index (χ4v) is 2.82. The fourth-order valence-electron chi connectivity index (χ4n) is 2.10. The van der Waals surface area contributed by atoms with E-state index >= 15 is 0 Å². The predicted octanol–water partition coefficient (Wildman–Crippen LogP) is 5.72. The summed E-state index contributed by atoms with van der Waals surface area (Å²) in [7, 11) is 0. The Labute approximate surface area is 140 Å². The molecule has 0 bridgehead atoms. The van der Waals surface area contributed by atoms with Crippen molar-refractivity contribution in [2.45, 2.75) is 6.61 Å². The number of hydrogen-bond acceptors (Lipinski definition) is 3. The van der Waals surface area contributed by atoms with Gasteiger partial charge in [0.25, 0.3) is 0 Å². The van der Waals surface area contributed by atoms with Gasteiger partial charge in [0.05, 0.1) is 5.69 Å². The molecule has 0 aliphatic heterocycles. The molecular formula is C18H12F3NOS. The van der Waals surface area contributed by atoms with E-state index in [-0.39, 0.29) is 11.6 Å². The summed E-state index contributed by atoms with van der Waals surface area (Å²) in [6.07, 6.45) is 3.40. The molecule has 0 saturated heterocycles. The Balaban J connectivity index is 1.80. The molecule has 24 heavy (non-hydrogen) atoms. The van der Waals surface area contributed by atoms with Crippen LogP contribution in [0.1, 0.15) is 10.6 Å². The van der Waals surface area contributed by atoms with E-state index in [9.17, 15) is 13.2 Å². The molecule has 3 aromatic rings. The van der Waals surface area contributed by atoms with E-state index in [1.54, 1.807) is 42.5 Å². The van der Waals surface area contributed by atoms with Crippen LogP contribution in [0.25, 0.3) is 23.4 Å². The smallest absolute Gasteiger partial charge is 0.387 e. The van der Waals surface area contributed by atoms with Crippen LogP contribution in [-0.2, 0) is 0 Å². The highest BCUT2D eigenvalue weighted by molar-refractivity contribution is 7.10. The third kappa shape index (κ3) is 4.02. The van der Waals surface area contributed by atoms with Gasteiger partial charge in [-0.3, -0.25) is 0 Å². The minimum absolute atomic E-state index is 0.110. The lowest BCUT2D eigenvalue weighted by atomic mass is 10.2. The van der Waals surface area contributed by atoms with Gasteiger partial charge in [-0.2, -0.15) is 8.78 Å². The standard InChI is InChI=1S/C18H12F3NOS/c19-14-8-5-12(6-9-14)15-11-24-17(22-15)10-7-13-3-1-2-4-16(13)23-18(20)21/h1-11,18H. The van der Waals surface area contributed by atoms with Crippen LogP contribution in [0.5, 0.6) is 5.75 Å². The van der Waals surface area contributed by atoms with Gasteiger partial charge in [-0.05, 0) is 42.5 Å². The highest BCUT2D eigenvalue weighted by Crippen LogP contribution is 2.25. The molecule has 0 aliphatic carbocycles. The van der Waals surface area contributed by atoms with Crippen LogP contribution in [0, 0.1) is 5.82 Å². The van der Waals surface area contributed by atoms with E-state index in [4.69, 9.17) is 0 Å². The van der Waals surface area contributed by atoms with Gasteiger partial charge in [0.2, 0.25) is 0 Å². The number of hydrogen-bond donors (Lipinski definition) is 0. The lowest BCUT2D eigenvalue weighted by Crippen LogP contribution is -2.02. The van der Waals surface area contributed by atoms with E-state index in [1.807, 2.05) is 5.38 Å². The molecule has 1 heterocycles. The minimum Gasteiger partial charge on any atom is -0.434 e. The summed E-state index contributed by atoms with van der Waals surface area (Å²) in [5, 5.41) is 2.57. The molecule has 0 aliphatic rings. The lowest BCUT2D eigenvalue weighted by Gasteiger charge is -2.06. The van der Waals surface area contributed by atoms with Crippen molar-refractivity contribution in [2.75, 3.05) is 0 Å². The Kier molecular flexibility index (Phi) is 4.96. The van der Waals surface area contributed by atoms with Crippen LogP contribution < -0.4 is 4.74 Å². The number of alkyl halides is 2. The molecule has 6 heteroatoms. The van der Waals surface area contributed by atoms with Crippen molar-refractivity contribution in [3.05, 3.63) is 70.3 Å². The van der Waals surface area contributed by atoms with Crippen LogP contribution in [0.3, 0.4) is 0 Å². The molecule has 0 saturated carbocycles. The maximum atomic E-state index is 13.0. The number of para-hydroxylation sites is 1. The third-order valence-corrected chi connectivity index (χ3v) is 4.01. The van der Waals surface area contributed by atoms with Crippen molar-refractivity contribution in [1.82, 2.24) is 4.98 Å². The number of benzene rings is 2. The molecule has 0 atom stereocenters. The molecule has 0 unspecified atom stereocenters. The topological polar surface area (TPSA) is 22.1 Å². The van der Waals surface area contributed by atoms with Crippen molar-refractivity contribution in [1.29, 1.82) is 0 Å². The Morgan fingerprint density at radius 2 is 1.75 bits per heavy atom. The van der Waals surface area contributed by atoms with Crippen LogP contribution in [-0.4, -0.2) is 11.6 Å². The van der Waals surface area contributed by atoms with E-state index < -0.39 is 6.61 Å². The fraction of sp³-hybridized carbons (Fsp3) is 0.0556. The largest absolute Gasteiger partial charge is 0.434 e. The second-order valence-electron chi connectivity index (χ2n) is 4.83. The van der Waals surface area contributed by atoms with E-state index in [2.05, 4.69) is 9.72 Å². The number of halogens is 3. The van der Waals surface area contributed by atoms with E-state index in [0.29, 0.717) is 10.6 Å². The van der Waals surface area contributed by atoms with Crippen molar-refractivity contribution in [3.8, 4) is 17.0 Å². The molecule has 2 aromatic carbocycles. The summed E-state index contributed by atoms with van der Waals surface area (Å²) in [6, 6.07) is 12.6. The summed E-state index contributed by atoms with van der Waals surface area (Å²) in [5.74, 6) is -0.191. The number of thiazole rings is 1. The molecule has 1 aromatic heterocycles. The van der Waals surface area contributed by atoms with Crippen LogP contribution in [0.15, 0.2) is 53.9 Å². The number of rotatable bonds is 5.